The summed E-state index contributed by atoms with van der Waals surface area (Å²) in [5.41, 5.74) is 0.261. The van der Waals surface area contributed by atoms with E-state index in [-0.39, 0.29) is 34.1 Å². The van der Waals surface area contributed by atoms with E-state index in [9.17, 15) is 19.5 Å². The van der Waals surface area contributed by atoms with E-state index in [4.69, 9.17) is 0 Å². The molecule has 0 unspecified atom stereocenters. The molecule has 2 amide bonds. The molecule has 7 heteroatoms. The highest BCUT2D eigenvalue weighted by Crippen LogP contribution is 2.38. The number of thiophene rings is 1. The van der Waals surface area contributed by atoms with Gasteiger partial charge in [-0.2, -0.15) is 0 Å². The molecule has 33 heavy (non-hydrogen) atoms. The molecule has 1 aromatic heterocycles. The van der Waals surface area contributed by atoms with Crippen LogP contribution < -0.4 is 4.90 Å². The first-order valence-electron chi connectivity index (χ1n) is 11.9. The largest absolute Gasteiger partial charge is 0.477 e. The zero-order valence-corrected chi connectivity index (χ0v) is 21.3. The summed E-state index contributed by atoms with van der Waals surface area (Å²) in [6.07, 6.45) is 5.01. The third-order valence-corrected chi connectivity index (χ3v) is 7.63. The molecule has 6 nitrogen and oxygen atoms in total. The fraction of sp³-hybridized carbons (Fsp3) is 0.654. The Bertz CT molecular complexity index is 949. The molecule has 1 aliphatic heterocycles. The molecular weight excluding hydrogens is 436 g/mol. The number of aromatic carboxylic acids is 1. The van der Waals surface area contributed by atoms with E-state index in [0.29, 0.717) is 42.4 Å². The molecule has 180 valence electrons. The van der Waals surface area contributed by atoms with Crippen LogP contribution in [0, 0.1) is 29.1 Å². The third kappa shape index (κ3) is 6.38. The minimum Gasteiger partial charge on any atom is -0.477 e. The lowest BCUT2D eigenvalue weighted by atomic mass is 9.82. The number of nitrogens with zero attached hydrogens (tertiary/aromatic N) is 2. The Morgan fingerprint density at radius 2 is 1.70 bits per heavy atom. The Morgan fingerprint density at radius 1 is 1.09 bits per heavy atom. The molecule has 1 saturated carbocycles. The zero-order chi connectivity index (χ0) is 24.3. The Balaban J connectivity index is 1.98. The van der Waals surface area contributed by atoms with Crippen molar-refractivity contribution in [3.63, 3.8) is 0 Å². The van der Waals surface area contributed by atoms with Gasteiger partial charge in [-0.15, -0.1) is 11.3 Å². The summed E-state index contributed by atoms with van der Waals surface area (Å²) in [7, 11) is 0. The lowest BCUT2D eigenvalue weighted by Crippen LogP contribution is -2.50. The highest BCUT2D eigenvalue weighted by Gasteiger charge is 2.37. The molecule has 3 rings (SSSR count). The molecule has 0 bridgehead atoms. The van der Waals surface area contributed by atoms with Crippen LogP contribution in [0.3, 0.4) is 0 Å². The molecule has 1 aliphatic carbocycles. The van der Waals surface area contributed by atoms with Crippen LogP contribution in [0.1, 0.15) is 87.7 Å². The fourth-order valence-corrected chi connectivity index (χ4v) is 5.50. The Hall–Kier alpha value is -2.33. The first-order valence-corrected chi connectivity index (χ1v) is 12.8. The molecule has 0 atom stereocenters. The second-order valence-corrected chi connectivity index (χ2v) is 11.6. The van der Waals surface area contributed by atoms with Crippen LogP contribution in [0.25, 0.3) is 0 Å². The minimum atomic E-state index is -1.03. The van der Waals surface area contributed by atoms with E-state index in [1.807, 2.05) is 20.8 Å². The maximum absolute atomic E-state index is 13.8. The molecule has 2 fully saturated rings. The summed E-state index contributed by atoms with van der Waals surface area (Å²) in [4.78, 5) is 42.2. The number of hydrogen-bond acceptors (Lipinski definition) is 4. The van der Waals surface area contributed by atoms with Gasteiger partial charge < -0.3 is 14.9 Å². The van der Waals surface area contributed by atoms with Crippen LogP contribution in [0.2, 0.25) is 0 Å². The van der Waals surface area contributed by atoms with Crippen LogP contribution in [-0.4, -0.2) is 46.9 Å². The summed E-state index contributed by atoms with van der Waals surface area (Å²) in [6.45, 7) is 11.0. The van der Waals surface area contributed by atoms with E-state index in [0.717, 1.165) is 37.0 Å². The molecule has 1 saturated heterocycles. The minimum absolute atomic E-state index is 0.0267. The van der Waals surface area contributed by atoms with E-state index >= 15 is 0 Å². The van der Waals surface area contributed by atoms with Crippen molar-refractivity contribution in [3.05, 3.63) is 15.8 Å². The van der Waals surface area contributed by atoms with Gasteiger partial charge in [0.15, 0.2) is 0 Å². The van der Waals surface area contributed by atoms with Crippen molar-refractivity contribution >= 4 is 34.8 Å². The Labute approximate surface area is 201 Å². The van der Waals surface area contributed by atoms with Gasteiger partial charge in [0.2, 0.25) is 11.8 Å². The van der Waals surface area contributed by atoms with Crippen LogP contribution in [-0.2, 0) is 9.59 Å². The van der Waals surface area contributed by atoms with Crippen LogP contribution in [0.5, 0.6) is 0 Å². The SMILES string of the molecule is CC(=O)N1CCC(N(C(=O)C2CCC(C)CC2)c2cc(C#CC(C)(C)C)sc2C(=O)O)CC1. The van der Waals surface area contributed by atoms with E-state index in [2.05, 4.69) is 18.8 Å². The monoisotopic (exact) mass is 472 g/mol. The number of carbonyl (C=O) groups excluding carboxylic acids is 2. The number of rotatable bonds is 4. The standard InChI is InChI=1S/C26H36N2O4S/c1-17-6-8-19(9-7-17)24(30)28(20-11-14-27(15-12-20)18(2)29)22-16-21(10-13-26(3,4)5)33-23(22)25(31)32/h16-17,19-20H,6-9,11-12,14-15H2,1-5H3,(H,31,32). The van der Waals surface area contributed by atoms with Gasteiger partial charge in [0, 0.05) is 37.4 Å². The molecule has 0 radical (unpaired) electrons. The molecular formula is C26H36N2O4S. The van der Waals surface area contributed by atoms with Crippen molar-refractivity contribution in [1.29, 1.82) is 0 Å². The second kappa shape index (κ2) is 10.3. The summed E-state index contributed by atoms with van der Waals surface area (Å²) in [5.74, 6) is 5.86. The summed E-state index contributed by atoms with van der Waals surface area (Å²) >= 11 is 1.14. The quantitative estimate of drug-likeness (QED) is 0.625. The summed E-state index contributed by atoms with van der Waals surface area (Å²) in [5, 5.41) is 9.97. The fourth-order valence-electron chi connectivity index (χ4n) is 4.66. The summed E-state index contributed by atoms with van der Waals surface area (Å²) in [6, 6.07) is 1.66. The van der Waals surface area contributed by atoms with Crippen molar-refractivity contribution in [1.82, 2.24) is 4.90 Å². The van der Waals surface area contributed by atoms with Gasteiger partial charge in [0.1, 0.15) is 4.88 Å². The molecule has 1 aromatic rings. The zero-order valence-electron chi connectivity index (χ0n) is 20.4. The predicted octanol–water partition coefficient (Wildman–Crippen LogP) is 5.01. The van der Waals surface area contributed by atoms with Crippen LogP contribution in [0.4, 0.5) is 5.69 Å². The van der Waals surface area contributed by atoms with Gasteiger partial charge >= 0.3 is 5.97 Å². The Kier molecular flexibility index (Phi) is 7.89. The second-order valence-electron chi connectivity index (χ2n) is 10.5. The number of carboxylic acid groups (broad SMARTS) is 1. The van der Waals surface area contributed by atoms with Gasteiger partial charge in [0.05, 0.1) is 10.6 Å². The van der Waals surface area contributed by atoms with E-state index in [1.54, 1.807) is 22.8 Å². The van der Waals surface area contributed by atoms with Crippen molar-refractivity contribution in [2.45, 2.75) is 79.2 Å². The summed E-state index contributed by atoms with van der Waals surface area (Å²) < 4.78 is 0. The highest BCUT2D eigenvalue weighted by molar-refractivity contribution is 7.15. The maximum atomic E-state index is 13.8. The van der Waals surface area contributed by atoms with Gasteiger partial charge in [-0.3, -0.25) is 9.59 Å². The number of likely N-dealkylation sites (tertiary alicyclic amines) is 1. The van der Waals surface area contributed by atoms with Crippen molar-refractivity contribution in [2.75, 3.05) is 18.0 Å². The average molecular weight is 473 g/mol. The number of hydrogen-bond donors (Lipinski definition) is 1. The maximum Gasteiger partial charge on any atom is 0.348 e. The lowest BCUT2D eigenvalue weighted by Gasteiger charge is -2.40. The smallest absolute Gasteiger partial charge is 0.348 e. The number of anilines is 1. The number of carbonyl (C=O) groups is 3. The average Bonchev–Trinajstić information content (AvgIpc) is 3.17. The van der Waals surface area contributed by atoms with Crippen molar-refractivity contribution in [2.24, 2.45) is 17.3 Å². The van der Waals surface area contributed by atoms with Crippen molar-refractivity contribution in [3.8, 4) is 11.8 Å². The predicted molar refractivity (Wildman–Crippen MR) is 131 cm³/mol. The van der Waals surface area contributed by atoms with Gasteiger partial charge in [0.25, 0.3) is 0 Å². The normalized spacial score (nSPS) is 21.8. The molecule has 0 aromatic carbocycles. The molecule has 1 N–H and O–H groups in total. The van der Waals surface area contributed by atoms with Gasteiger partial charge in [-0.05, 0) is 71.3 Å². The molecule has 2 aliphatic rings. The third-order valence-electron chi connectivity index (χ3n) is 6.60. The Morgan fingerprint density at radius 3 is 2.21 bits per heavy atom. The molecule has 2 heterocycles. The van der Waals surface area contributed by atoms with Gasteiger partial charge in [-0.1, -0.05) is 18.8 Å². The van der Waals surface area contributed by atoms with E-state index in [1.165, 1.54) is 0 Å². The van der Waals surface area contributed by atoms with Crippen LogP contribution in [0.15, 0.2) is 6.07 Å². The van der Waals surface area contributed by atoms with E-state index < -0.39 is 5.97 Å². The first-order chi connectivity index (χ1) is 15.5. The topological polar surface area (TPSA) is 77.9 Å². The number of piperidine rings is 1. The first kappa shape index (κ1) is 25.3. The highest BCUT2D eigenvalue weighted by atomic mass is 32.1. The molecule has 0 spiro atoms. The lowest BCUT2D eigenvalue weighted by molar-refractivity contribution is -0.129. The number of carboxylic acids is 1. The van der Waals surface area contributed by atoms with Crippen molar-refractivity contribution < 1.29 is 19.5 Å². The van der Waals surface area contributed by atoms with Crippen LogP contribution >= 0.6 is 11.3 Å². The number of amides is 2. The van der Waals surface area contributed by atoms with Gasteiger partial charge in [-0.25, -0.2) is 4.79 Å².